The Labute approximate surface area is 102 Å². The van der Waals surface area contributed by atoms with E-state index in [9.17, 15) is 5.11 Å². The summed E-state index contributed by atoms with van der Waals surface area (Å²) >= 11 is 0. The molecule has 0 spiro atoms. The fourth-order valence-electron chi connectivity index (χ4n) is 2.23. The van der Waals surface area contributed by atoms with Crippen molar-refractivity contribution in [2.24, 2.45) is 0 Å². The van der Waals surface area contributed by atoms with Gasteiger partial charge < -0.3 is 14.6 Å². The van der Waals surface area contributed by atoms with E-state index in [1.807, 2.05) is 24.3 Å². The van der Waals surface area contributed by atoms with E-state index >= 15 is 0 Å². The lowest BCUT2D eigenvalue weighted by Gasteiger charge is -2.14. The summed E-state index contributed by atoms with van der Waals surface area (Å²) in [6.07, 6.45) is 3.88. The SMILES string of the molecule is COc1cccc(C(O)CCC2CCCO2)c1. The summed E-state index contributed by atoms with van der Waals surface area (Å²) in [5, 5.41) is 10.1. The fourth-order valence-corrected chi connectivity index (χ4v) is 2.23. The van der Waals surface area contributed by atoms with Gasteiger partial charge in [0.05, 0.1) is 19.3 Å². The normalized spacial score (nSPS) is 21.4. The Bertz CT molecular complexity index is 345. The lowest BCUT2D eigenvalue weighted by Crippen LogP contribution is -2.08. The van der Waals surface area contributed by atoms with Crippen molar-refractivity contribution >= 4 is 0 Å². The number of aliphatic hydroxyl groups is 1. The van der Waals surface area contributed by atoms with Gasteiger partial charge in [-0.1, -0.05) is 12.1 Å². The summed E-state index contributed by atoms with van der Waals surface area (Å²) in [6.45, 7) is 0.875. The van der Waals surface area contributed by atoms with Crippen molar-refractivity contribution in [2.45, 2.75) is 37.9 Å². The molecule has 1 heterocycles. The molecular weight excluding hydrogens is 216 g/mol. The van der Waals surface area contributed by atoms with E-state index in [1.165, 1.54) is 0 Å². The predicted molar refractivity (Wildman–Crippen MR) is 66.2 cm³/mol. The molecule has 2 rings (SSSR count). The third-order valence-corrected chi connectivity index (χ3v) is 3.26. The van der Waals surface area contributed by atoms with Crippen LogP contribution in [0.1, 0.15) is 37.4 Å². The molecule has 17 heavy (non-hydrogen) atoms. The predicted octanol–water partition coefficient (Wildman–Crippen LogP) is 2.69. The summed E-state index contributed by atoms with van der Waals surface area (Å²) in [6, 6.07) is 7.61. The molecule has 1 N–H and O–H groups in total. The maximum atomic E-state index is 10.1. The zero-order valence-electron chi connectivity index (χ0n) is 10.3. The molecule has 0 amide bonds. The van der Waals surface area contributed by atoms with Gasteiger partial charge in [-0.25, -0.2) is 0 Å². The average Bonchev–Trinajstić information content (AvgIpc) is 2.89. The molecule has 94 valence electrons. The maximum Gasteiger partial charge on any atom is 0.119 e. The summed E-state index contributed by atoms with van der Waals surface area (Å²) < 4.78 is 10.7. The van der Waals surface area contributed by atoms with Gasteiger partial charge in [-0.3, -0.25) is 0 Å². The molecule has 0 aliphatic carbocycles. The van der Waals surface area contributed by atoms with Crippen LogP contribution in [-0.4, -0.2) is 24.9 Å². The highest BCUT2D eigenvalue weighted by molar-refractivity contribution is 5.29. The summed E-state index contributed by atoms with van der Waals surface area (Å²) in [4.78, 5) is 0. The standard InChI is InChI=1S/C14H20O3/c1-16-13-5-2-4-11(10-13)14(15)8-7-12-6-3-9-17-12/h2,4-5,10,12,14-15H,3,6-9H2,1H3. The van der Waals surface area contributed by atoms with Gasteiger partial charge in [0, 0.05) is 6.61 Å². The summed E-state index contributed by atoms with van der Waals surface area (Å²) in [7, 11) is 1.64. The van der Waals surface area contributed by atoms with E-state index in [0.717, 1.165) is 43.6 Å². The zero-order valence-corrected chi connectivity index (χ0v) is 10.3. The van der Waals surface area contributed by atoms with Crippen LogP contribution in [-0.2, 0) is 4.74 Å². The largest absolute Gasteiger partial charge is 0.497 e. The summed E-state index contributed by atoms with van der Waals surface area (Å²) in [5.74, 6) is 0.790. The van der Waals surface area contributed by atoms with Crippen LogP contribution in [0, 0.1) is 0 Å². The molecule has 1 fully saturated rings. The zero-order chi connectivity index (χ0) is 12.1. The number of rotatable bonds is 5. The molecule has 1 aromatic carbocycles. The number of benzene rings is 1. The minimum absolute atomic E-state index is 0.343. The van der Waals surface area contributed by atoms with Gasteiger partial charge in [0.25, 0.3) is 0 Å². The first kappa shape index (κ1) is 12.4. The molecule has 3 heteroatoms. The Morgan fingerprint density at radius 2 is 2.41 bits per heavy atom. The van der Waals surface area contributed by atoms with Gasteiger partial charge in [-0.05, 0) is 43.4 Å². The highest BCUT2D eigenvalue weighted by atomic mass is 16.5. The monoisotopic (exact) mass is 236 g/mol. The minimum atomic E-state index is -0.422. The number of aliphatic hydroxyl groups excluding tert-OH is 1. The van der Waals surface area contributed by atoms with Gasteiger partial charge in [-0.15, -0.1) is 0 Å². The molecule has 1 aliphatic rings. The van der Waals surface area contributed by atoms with Crippen LogP contribution in [0.2, 0.25) is 0 Å². The van der Waals surface area contributed by atoms with E-state index in [1.54, 1.807) is 7.11 Å². The van der Waals surface area contributed by atoms with Crippen LogP contribution in [0.5, 0.6) is 5.75 Å². The van der Waals surface area contributed by atoms with Gasteiger partial charge in [0.15, 0.2) is 0 Å². The minimum Gasteiger partial charge on any atom is -0.497 e. The molecule has 1 aliphatic heterocycles. The van der Waals surface area contributed by atoms with Crippen molar-refractivity contribution in [3.8, 4) is 5.75 Å². The van der Waals surface area contributed by atoms with Gasteiger partial charge in [0.2, 0.25) is 0 Å². The molecule has 2 atom stereocenters. The second-order valence-corrected chi connectivity index (χ2v) is 4.50. The van der Waals surface area contributed by atoms with Crippen molar-refractivity contribution in [1.29, 1.82) is 0 Å². The van der Waals surface area contributed by atoms with Crippen LogP contribution in [0.25, 0.3) is 0 Å². The smallest absolute Gasteiger partial charge is 0.119 e. The van der Waals surface area contributed by atoms with Crippen LogP contribution in [0.4, 0.5) is 0 Å². The van der Waals surface area contributed by atoms with Crippen LogP contribution in [0.15, 0.2) is 24.3 Å². The second-order valence-electron chi connectivity index (χ2n) is 4.50. The first-order chi connectivity index (χ1) is 8.29. The van der Waals surface area contributed by atoms with Gasteiger partial charge in [-0.2, -0.15) is 0 Å². The van der Waals surface area contributed by atoms with E-state index in [-0.39, 0.29) is 0 Å². The molecule has 2 unspecified atom stereocenters. The Morgan fingerprint density at radius 3 is 3.12 bits per heavy atom. The maximum absolute atomic E-state index is 10.1. The van der Waals surface area contributed by atoms with Crippen LogP contribution in [0.3, 0.4) is 0 Å². The van der Waals surface area contributed by atoms with E-state index in [2.05, 4.69) is 0 Å². The topological polar surface area (TPSA) is 38.7 Å². The fraction of sp³-hybridized carbons (Fsp3) is 0.571. The van der Waals surface area contributed by atoms with E-state index < -0.39 is 6.10 Å². The third kappa shape index (κ3) is 3.45. The van der Waals surface area contributed by atoms with Gasteiger partial charge in [0.1, 0.15) is 5.75 Å². The van der Waals surface area contributed by atoms with Crippen molar-refractivity contribution in [3.05, 3.63) is 29.8 Å². The first-order valence-electron chi connectivity index (χ1n) is 6.23. The lowest BCUT2D eigenvalue weighted by molar-refractivity contribution is 0.0812. The number of methoxy groups -OCH3 is 1. The van der Waals surface area contributed by atoms with Crippen LogP contribution < -0.4 is 4.74 Å². The quantitative estimate of drug-likeness (QED) is 0.854. The average molecular weight is 236 g/mol. The van der Waals surface area contributed by atoms with E-state index in [0.29, 0.717) is 6.10 Å². The molecular formula is C14H20O3. The van der Waals surface area contributed by atoms with Crippen molar-refractivity contribution < 1.29 is 14.6 Å². The van der Waals surface area contributed by atoms with E-state index in [4.69, 9.17) is 9.47 Å². The number of hydrogen-bond acceptors (Lipinski definition) is 3. The molecule has 1 saturated heterocycles. The third-order valence-electron chi connectivity index (χ3n) is 3.26. The van der Waals surface area contributed by atoms with Gasteiger partial charge >= 0.3 is 0 Å². The highest BCUT2D eigenvalue weighted by Gasteiger charge is 2.17. The number of ether oxygens (including phenoxy) is 2. The molecule has 1 aromatic rings. The van der Waals surface area contributed by atoms with Crippen molar-refractivity contribution in [2.75, 3.05) is 13.7 Å². The first-order valence-corrected chi connectivity index (χ1v) is 6.23. The molecule has 0 radical (unpaired) electrons. The lowest BCUT2D eigenvalue weighted by atomic mass is 10.0. The molecule has 3 nitrogen and oxygen atoms in total. The summed E-state index contributed by atoms with van der Waals surface area (Å²) in [5.41, 5.74) is 0.919. The molecule has 0 aromatic heterocycles. The van der Waals surface area contributed by atoms with Crippen LogP contribution >= 0.6 is 0 Å². The second kappa shape index (κ2) is 6.03. The Balaban J connectivity index is 1.87. The van der Waals surface area contributed by atoms with Crippen molar-refractivity contribution in [1.82, 2.24) is 0 Å². The number of hydrogen-bond donors (Lipinski definition) is 1. The Kier molecular flexibility index (Phi) is 4.40. The Morgan fingerprint density at radius 1 is 1.53 bits per heavy atom. The van der Waals surface area contributed by atoms with Crippen molar-refractivity contribution in [3.63, 3.8) is 0 Å². The molecule has 0 saturated carbocycles. The highest BCUT2D eigenvalue weighted by Crippen LogP contribution is 2.25. The molecule has 0 bridgehead atoms. The Hall–Kier alpha value is -1.06.